The van der Waals surface area contributed by atoms with Gasteiger partial charge >= 0.3 is 6.03 Å². The molecule has 2 fully saturated rings. The number of carbonyl (C=O) groups excluding carboxylic acids is 4. The summed E-state index contributed by atoms with van der Waals surface area (Å²) >= 11 is 0. The predicted molar refractivity (Wildman–Crippen MR) is 120 cm³/mol. The molecular weight excluding hydrogens is 424 g/mol. The van der Waals surface area contributed by atoms with Crippen molar-refractivity contribution < 1.29 is 23.9 Å². The van der Waals surface area contributed by atoms with Gasteiger partial charge in [0.2, 0.25) is 11.8 Å². The van der Waals surface area contributed by atoms with Gasteiger partial charge in [0.25, 0.3) is 5.91 Å². The van der Waals surface area contributed by atoms with Crippen LogP contribution in [0.2, 0.25) is 0 Å². The summed E-state index contributed by atoms with van der Waals surface area (Å²) in [6, 6.07) is 13.4. The van der Waals surface area contributed by atoms with Gasteiger partial charge in [-0.2, -0.15) is 0 Å². The van der Waals surface area contributed by atoms with Gasteiger partial charge in [0.1, 0.15) is 17.8 Å². The quantitative estimate of drug-likeness (QED) is 0.533. The van der Waals surface area contributed by atoms with Crippen LogP contribution in [0.4, 0.5) is 10.5 Å². The number of hydrogen-bond acceptors (Lipinski definition) is 5. The first-order valence-electron chi connectivity index (χ1n) is 10.8. The van der Waals surface area contributed by atoms with E-state index in [1.54, 1.807) is 62.6 Å². The van der Waals surface area contributed by atoms with Gasteiger partial charge in [-0.15, -0.1) is 0 Å². The zero-order valence-corrected chi connectivity index (χ0v) is 18.5. The lowest BCUT2D eigenvalue weighted by atomic mass is 9.92. The smallest absolute Gasteiger partial charge is 0.325 e. The van der Waals surface area contributed by atoms with E-state index in [0.29, 0.717) is 17.0 Å². The van der Waals surface area contributed by atoms with Crippen LogP contribution in [0.25, 0.3) is 0 Å². The topological polar surface area (TPSA) is 117 Å². The van der Waals surface area contributed by atoms with Gasteiger partial charge in [0.15, 0.2) is 0 Å². The van der Waals surface area contributed by atoms with Gasteiger partial charge in [-0.1, -0.05) is 24.3 Å². The molecule has 2 aromatic carbocycles. The van der Waals surface area contributed by atoms with Crippen molar-refractivity contribution in [2.75, 3.05) is 19.0 Å². The summed E-state index contributed by atoms with van der Waals surface area (Å²) in [5.74, 6) is -0.159. The Labute approximate surface area is 191 Å². The highest BCUT2D eigenvalue weighted by Crippen LogP contribution is 2.31. The molecule has 4 rings (SSSR count). The maximum absolute atomic E-state index is 13.0. The molecule has 33 heavy (non-hydrogen) atoms. The highest BCUT2D eigenvalue weighted by molar-refractivity contribution is 6.09. The molecule has 0 radical (unpaired) electrons. The van der Waals surface area contributed by atoms with E-state index in [9.17, 15) is 19.2 Å². The molecule has 2 aromatic rings. The Bertz CT molecular complexity index is 1080. The maximum Gasteiger partial charge on any atom is 0.325 e. The number of hydrogen-bond donors (Lipinski definition) is 3. The third-order valence-electron chi connectivity index (χ3n) is 5.90. The van der Waals surface area contributed by atoms with Gasteiger partial charge in [-0.25, -0.2) is 4.79 Å². The van der Waals surface area contributed by atoms with Crippen molar-refractivity contribution in [1.82, 2.24) is 15.5 Å². The maximum atomic E-state index is 13.0. The third-order valence-corrected chi connectivity index (χ3v) is 5.90. The van der Waals surface area contributed by atoms with Crippen LogP contribution in [-0.2, 0) is 26.5 Å². The van der Waals surface area contributed by atoms with E-state index in [0.717, 1.165) is 23.3 Å². The molecule has 1 aliphatic heterocycles. The summed E-state index contributed by atoms with van der Waals surface area (Å²) in [7, 11) is 1.54. The Morgan fingerprint density at radius 3 is 2.36 bits per heavy atom. The first-order chi connectivity index (χ1) is 15.8. The summed E-state index contributed by atoms with van der Waals surface area (Å²) in [5.41, 5.74) is 0.871. The van der Waals surface area contributed by atoms with Crippen molar-refractivity contribution in [3.63, 3.8) is 0 Å². The molecule has 1 atom stereocenters. The number of nitrogens with one attached hydrogen (secondary N) is 3. The molecule has 5 amide bonds. The van der Waals surface area contributed by atoms with Crippen LogP contribution in [0.15, 0.2) is 48.5 Å². The SMILES string of the molecule is COc1ccc([C@]2(C)NC(=O)N(CC(=O)NCc3ccc(NC(=O)C4CC4)cc3)C2=O)cc1. The van der Waals surface area contributed by atoms with Crippen molar-refractivity contribution in [3.05, 3.63) is 59.7 Å². The van der Waals surface area contributed by atoms with Crippen molar-refractivity contribution >= 4 is 29.4 Å². The minimum Gasteiger partial charge on any atom is -0.497 e. The summed E-state index contributed by atoms with van der Waals surface area (Å²) in [5, 5.41) is 8.26. The van der Waals surface area contributed by atoms with Gasteiger partial charge in [-0.05, 0) is 55.2 Å². The van der Waals surface area contributed by atoms with Crippen LogP contribution < -0.4 is 20.7 Å². The van der Waals surface area contributed by atoms with Gasteiger partial charge in [0, 0.05) is 18.2 Å². The van der Waals surface area contributed by atoms with Gasteiger partial charge in [0.05, 0.1) is 7.11 Å². The molecular formula is C24H26N4O5. The number of imide groups is 1. The first kappa shape index (κ1) is 22.3. The monoisotopic (exact) mass is 450 g/mol. The molecule has 0 spiro atoms. The minimum absolute atomic E-state index is 0.0336. The third kappa shape index (κ3) is 4.82. The standard InChI is InChI=1S/C24H26N4O5/c1-24(17-7-11-19(33-2)12-8-17)22(31)28(23(32)27-24)14-20(29)25-13-15-3-9-18(10-4-15)26-21(30)16-5-6-16/h3-4,7-12,16H,5-6,13-14H2,1-2H3,(H,25,29)(H,26,30)(H,27,32)/t24-/m0/s1. The number of methoxy groups -OCH3 is 1. The Morgan fingerprint density at radius 1 is 1.09 bits per heavy atom. The second kappa shape index (κ2) is 8.93. The molecule has 172 valence electrons. The number of amides is 5. The Balaban J connectivity index is 1.31. The first-order valence-corrected chi connectivity index (χ1v) is 10.8. The Hall–Kier alpha value is -3.88. The van der Waals surface area contributed by atoms with Crippen LogP contribution >= 0.6 is 0 Å². The lowest BCUT2D eigenvalue weighted by Gasteiger charge is -2.22. The highest BCUT2D eigenvalue weighted by Gasteiger charge is 2.49. The summed E-state index contributed by atoms with van der Waals surface area (Å²) in [6.07, 6.45) is 1.87. The fourth-order valence-electron chi connectivity index (χ4n) is 3.66. The molecule has 1 saturated heterocycles. The normalized spacial score (nSPS) is 19.8. The average Bonchev–Trinajstić information content (AvgIpc) is 3.64. The molecule has 1 saturated carbocycles. The molecule has 3 N–H and O–H groups in total. The van der Waals surface area contributed by atoms with Crippen molar-refractivity contribution in [2.45, 2.75) is 31.8 Å². The van der Waals surface area contributed by atoms with Crippen LogP contribution in [0.3, 0.4) is 0 Å². The van der Waals surface area contributed by atoms with E-state index in [1.807, 2.05) is 0 Å². The summed E-state index contributed by atoms with van der Waals surface area (Å²) in [4.78, 5) is 50.6. The van der Waals surface area contributed by atoms with Gasteiger partial charge in [-0.3, -0.25) is 19.3 Å². The number of urea groups is 1. The van der Waals surface area contributed by atoms with E-state index in [4.69, 9.17) is 4.74 Å². The Kier molecular flexibility index (Phi) is 6.04. The largest absolute Gasteiger partial charge is 0.497 e. The van der Waals surface area contributed by atoms with E-state index in [-0.39, 0.29) is 24.9 Å². The zero-order chi connectivity index (χ0) is 23.6. The Morgan fingerprint density at radius 2 is 1.76 bits per heavy atom. The molecule has 2 aliphatic rings. The summed E-state index contributed by atoms with van der Waals surface area (Å²) < 4.78 is 5.13. The lowest BCUT2D eigenvalue weighted by molar-refractivity contribution is -0.134. The second-order valence-corrected chi connectivity index (χ2v) is 8.41. The second-order valence-electron chi connectivity index (χ2n) is 8.41. The van der Waals surface area contributed by atoms with E-state index >= 15 is 0 Å². The van der Waals surface area contributed by atoms with Crippen LogP contribution in [0.5, 0.6) is 5.75 Å². The van der Waals surface area contributed by atoms with Crippen molar-refractivity contribution in [1.29, 1.82) is 0 Å². The lowest BCUT2D eigenvalue weighted by Crippen LogP contribution is -2.43. The van der Waals surface area contributed by atoms with E-state index < -0.39 is 23.4 Å². The number of benzene rings is 2. The zero-order valence-electron chi connectivity index (χ0n) is 18.5. The average molecular weight is 450 g/mol. The van der Waals surface area contributed by atoms with Crippen molar-refractivity contribution in [2.24, 2.45) is 5.92 Å². The van der Waals surface area contributed by atoms with Gasteiger partial charge < -0.3 is 20.7 Å². The predicted octanol–water partition coefficient (Wildman–Crippen LogP) is 2.13. The minimum atomic E-state index is -1.26. The number of carbonyl (C=O) groups is 4. The highest BCUT2D eigenvalue weighted by atomic mass is 16.5. The fraction of sp³-hybridized carbons (Fsp3) is 0.333. The molecule has 9 heteroatoms. The molecule has 9 nitrogen and oxygen atoms in total. The number of ether oxygens (including phenoxy) is 1. The molecule has 0 unspecified atom stereocenters. The van der Waals surface area contributed by atoms with Crippen LogP contribution in [0.1, 0.15) is 30.9 Å². The molecule has 0 bridgehead atoms. The number of nitrogens with zero attached hydrogens (tertiary/aromatic N) is 1. The van der Waals surface area contributed by atoms with Crippen molar-refractivity contribution in [3.8, 4) is 5.75 Å². The molecule has 1 heterocycles. The fourth-order valence-corrected chi connectivity index (χ4v) is 3.66. The molecule has 0 aromatic heterocycles. The number of anilines is 1. The molecule has 1 aliphatic carbocycles. The van der Waals surface area contributed by atoms with E-state index in [1.165, 1.54) is 0 Å². The van der Waals surface area contributed by atoms with Crippen LogP contribution in [0, 0.1) is 5.92 Å². The van der Waals surface area contributed by atoms with Crippen LogP contribution in [-0.4, -0.2) is 42.3 Å². The number of rotatable bonds is 8. The summed E-state index contributed by atoms with van der Waals surface area (Å²) in [6.45, 7) is 1.46. The van der Waals surface area contributed by atoms with E-state index in [2.05, 4.69) is 16.0 Å².